The summed E-state index contributed by atoms with van der Waals surface area (Å²) in [4.78, 5) is 14.6. The van der Waals surface area contributed by atoms with Crippen LogP contribution in [0.4, 0.5) is 0 Å². The van der Waals surface area contributed by atoms with Crippen LogP contribution in [0.2, 0.25) is 0 Å². The van der Waals surface area contributed by atoms with E-state index in [0.717, 1.165) is 45.2 Å². The molecule has 0 amide bonds. The number of carboxylic acid groups (broad SMARTS) is 1. The lowest BCUT2D eigenvalue weighted by Crippen LogP contribution is -2.42. The molecule has 342 valence electrons. The third-order valence-corrected chi connectivity index (χ3v) is 13.2. The largest absolute Gasteiger partial charge is 0.480 e. The smallest absolute Gasteiger partial charge is 0.320 e. The predicted molar refractivity (Wildman–Crippen MR) is 257 cm³/mol. The van der Waals surface area contributed by atoms with Crippen molar-refractivity contribution in [2.24, 2.45) is 0 Å². The molecule has 0 aromatic rings. The highest BCUT2D eigenvalue weighted by atomic mass is 16.4. The van der Waals surface area contributed by atoms with Crippen molar-refractivity contribution in [2.45, 2.75) is 329 Å². The summed E-state index contributed by atoms with van der Waals surface area (Å²) in [6, 6.07) is -0.283. The Balaban J connectivity index is 3.75. The van der Waals surface area contributed by atoms with Gasteiger partial charge in [0.1, 0.15) is 6.04 Å². The van der Waals surface area contributed by atoms with Crippen LogP contribution in [0.15, 0.2) is 0 Å². The van der Waals surface area contributed by atoms with Gasteiger partial charge in [-0.3, -0.25) is 9.69 Å². The van der Waals surface area contributed by atoms with Gasteiger partial charge in [-0.25, -0.2) is 0 Å². The molecule has 1 unspecified atom stereocenters. The van der Waals surface area contributed by atoms with Crippen LogP contribution in [-0.2, 0) is 4.79 Å². The van der Waals surface area contributed by atoms with Gasteiger partial charge in [0, 0.05) is 0 Å². The van der Waals surface area contributed by atoms with Gasteiger partial charge in [0.2, 0.25) is 0 Å². The lowest BCUT2D eigenvalue weighted by Gasteiger charge is -2.29. The van der Waals surface area contributed by atoms with Crippen LogP contribution >= 0.6 is 0 Å². The Morgan fingerprint density at radius 3 is 0.649 bits per heavy atom. The molecule has 0 aromatic carbocycles. The lowest BCUT2D eigenvalue weighted by molar-refractivity contribution is -0.143. The van der Waals surface area contributed by atoms with E-state index in [9.17, 15) is 9.90 Å². The minimum absolute atomic E-state index is 0.283. The first-order valence-corrected chi connectivity index (χ1v) is 27.1. The Bertz CT molecular complexity index is 691. The molecule has 0 aliphatic carbocycles. The first-order chi connectivity index (χ1) is 28.2. The number of nitrogens with zero attached hydrogens (tertiary/aromatic N) is 1. The average Bonchev–Trinajstić information content (AvgIpc) is 3.21. The molecule has 57 heavy (non-hydrogen) atoms. The summed E-state index contributed by atoms with van der Waals surface area (Å²) in [6.45, 7) is 8.73. The molecule has 0 heterocycles. The van der Waals surface area contributed by atoms with Gasteiger partial charge < -0.3 is 5.11 Å². The van der Waals surface area contributed by atoms with Gasteiger partial charge >= 0.3 is 5.97 Å². The van der Waals surface area contributed by atoms with Crippen LogP contribution < -0.4 is 0 Å². The van der Waals surface area contributed by atoms with Crippen LogP contribution in [0.1, 0.15) is 323 Å². The quantitative estimate of drug-likeness (QED) is 0.0623. The molecule has 1 N–H and O–H groups in total. The van der Waals surface area contributed by atoms with E-state index in [4.69, 9.17) is 0 Å². The van der Waals surface area contributed by atoms with Gasteiger partial charge in [-0.1, -0.05) is 303 Å². The van der Waals surface area contributed by atoms with Crippen molar-refractivity contribution >= 4 is 5.97 Å². The maximum atomic E-state index is 12.3. The molecule has 0 saturated carbocycles. The molecular weight excluding hydrogens is 695 g/mol. The topological polar surface area (TPSA) is 40.5 Å². The highest BCUT2D eigenvalue weighted by molar-refractivity contribution is 5.73. The summed E-state index contributed by atoms with van der Waals surface area (Å²) in [5.74, 6) is -0.596. The van der Waals surface area contributed by atoms with E-state index in [0.29, 0.717) is 0 Å². The van der Waals surface area contributed by atoms with Crippen molar-refractivity contribution in [1.29, 1.82) is 0 Å². The van der Waals surface area contributed by atoms with Crippen LogP contribution in [0.25, 0.3) is 0 Å². The highest BCUT2D eigenvalue weighted by Gasteiger charge is 2.24. The van der Waals surface area contributed by atoms with Crippen LogP contribution in [0, 0.1) is 0 Å². The Labute approximate surface area is 361 Å². The SMILES string of the molecule is CCCCCCCCCCCCCCCCCCCCCCCCN(CCCCCCCCCCCCCCCCCCCCCCCC)C(CCCC)C(=O)O. The molecule has 0 aliphatic rings. The number of rotatable bonds is 51. The molecule has 0 radical (unpaired) electrons. The average molecular weight is 804 g/mol. The Morgan fingerprint density at radius 1 is 0.298 bits per heavy atom. The first-order valence-electron chi connectivity index (χ1n) is 27.1. The van der Waals surface area contributed by atoms with Crippen molar-refractivity contribution < 1.29 is 9.90 Å². The molecule has 0 aromatic heterocycles. The van der Waals surface area contributed by atoms with Gasteiger partial charge in [0.05, 0.1) is 0 Å². The fraction of sp³-hybridized carbons (Fsp3) is 0.981. The second-order valence-corrected chi connectivity index (χ2v) is 18.9. The Kier molecular flexibility index (Phi) is 49.3. The second-order valence-electron chi connectivity index (χ2n) is 18.9. The van der Waals surface area contributed by atoms with E-state index in [2.05, 4.69) is 25.7 Å². The standard InChI is InChI=1S/C54H109NO2/c1-4-7-10-12-14-16-18-20-22-24-26-28-30-32-34-36-38-40-42-44-46-48-51-55(53(54(56)57)50-9-6-3)52-49-47-45-43-41-39-37-35-33-31-29-27-25-23-21-19-17-15-13-11-8-5-2/h53H,4-52H2,1-3H3,(H,56,57). The second kappa shape index (κ2) is 49.8. The fourth-order valence-electron chi connectivity index (χ4n) is 9.13. The molecule has 3 heteroatoms. The maximum absolute atomic E-state index is 12.3. The third kappa shape index (κ3) is 44.8. The number of unbranched alkanes of at least 4 members (excludes halogenated alkanes) is 43. The zero-order valence-corrected chi connectivity index (χ0v) is 40.0. The summed E-state index contributed by atoms with van der Waals surface area (Å²) in [5.41, 5.74) is 0. The summed E-state index contributed by atoms with van der Waals surface area (Å²) < 4.78 is 0. The van der Waals surface area contributed by atoms with Crippen LogP contribution in [0.5, 0.6) is 0 Å². The van der Waals surface area contributed by atoms with Crippen molar-refractivity contribution in [2.75, 3.05) is 13.1 Å². The molecule has 1 atom stereocenters. The Hall–Kier alpha value is -0.570. The molecule has 0 bridgehead atoms. The van der Waals surface area contributed by atoms with Gasteiger partial charge in [0.25, 0.3) is 0 Å². The molecule has 3 nitrogen and oxygen atoms in total. The summed E-state index contributed by atoms with van der Waals surface area (Å²) in [5, 5.41) is 10.1. The summed E-state index contributed by atoms with van der Waals surface area (Å²) in [6.07, 6.45) is 65.0. The van der Waals surface area contributed by atoms with Crippen LogP contribution in [-0.4, -0.2) is 35.1 Å². The summed E-state index contributed by atoms with van der Waals surface area (Å²) in [7, 11) is 0. The zero-order chi connectivity index (χ0) is 41.4. The van der Waals surface area contributed by atoms with E-state index in [-0.39, 0.29) is 6.04 Å². The minimum Gasteiger partial charge on any atom is -0.480 e. The minimum atomic E-state index is -0.596. The van der Waals surface area contributed by atoms with Gasteiger partial charge in [0.15, 0.2) is 0 Å². The molecule has 0 aliphatic heterocycles. The predicted octanol–water partition coefficient (Wildman–Crippen LogP) is 19.1. The van der Waals surface area contributed by atoms with Gasteiger partial charge in [-0.05, 0) is 32.4 Å². The number of carbonyl (C=O) groups is 1. The van der Waals surface area contributed by atoms with E-state index < -0.39 is 5.97 Å². The molecule has 0 spiro atoms. The number of carboxylic acids is 1. The van der Waals surface area contributed by atoms with Gasteiger partial charge in [-0.15, -0.1) is 0 Å². The number of hydrogen-bond donors (Lipinski definition) is 1. The Morgan fingerprint density at radius 2 is 0.474 bits per heavy atom. The van der Waals surface area contributed by atoms with Gasteiger partial charge in [-0.2, -0.15) is 0 Å². The lowest BCUT2D eigenvalue weighted by atomic mass is 10.0. The van der Waals surface area contributed by atoms with Crippen molar-refractivity contribution in [3.63, 3.8) is 0 Å². The van der Waals surface area contributed by atoms with Crippen LogP contribution in [0.3, 0.4) is 0 Å². The van der Waals surface area contributed by atoms with Crippen molar-refractivity contribution in [3.8, 4) is 0 Å². The fourth-order valence-corrected chi connectivity index (χ4v) is 9.13. The zero-order valence-electron chi connectivity index (χ0n) is 40.0. The van der Waals surface area contributed by atoms with Crippen molar-refractivity contribution in [1.82, 2.24) is 4.90 Å². The third-order valence-electron chi connectivity index (χ3n) is 13.2. The number of hydrogen-bond acceptors (Lipinski definition) is 2. The first kappa shape index (κ1) is 56.4. The van der Waals surface area contributed by atoms with E-state index >= 15 is 0 Å². The highest BCUT2D eigenvalue weighted by Crippen LogP contribution is 2.19. The van der Waals surface area contributed by atoms with E-state index in [1.54, 1.807) is 0 Å². The van der Waals surface area contributed by atoms with E-state index in [1.165, 1.54) is 270 Å². The van der Waals surface area contributed by atoms with Crippen molar-refractivity contribution in [3.05, 3.63) is 0 Å². The molecule has 0 rings (SSSR count). The van der Waals surface area contributed by atoms with E-state index in [1.807, 2.05) is 0 Å². The normalized spacial score (nSPS) is 12.3. The molecule has 0 fully saturated rings. The number of aliphatic carboxylic acids is 1. The molecule has 0 saturated heterocycles. The molecular formula is C54H109NO2. The monoisotopic (exact) mass is 804 g/mol. The summed E-state index contributed by atoms with van der Waals surface area (Å²) >= 11 is 0. The maximum Gasteiger partial charge on any atom is 0.320 e.